The molecule has 2 aromatic heterocycles. The third-order valence-electron chi connectivity index (χ3n) is 5.24. The van der Waals surface area contributed by atoms with E-state index < -0.39 is 11.7 Å². The molecule has 0 saturated heterocycles. The smallest absolute Gasteiger partial charge is 0.159 e. The minimum Gasteiger partial charge on any atom is -0.490 e. The molecular formula is C23H21Cl2FN4O2. The summed E-state index contributed by atoms with van der Waals surface area (Å²) in [5, 5.41) is 0.158. The zero-order chi connectivity index (χ0) is 23.2. The molecule has 166 valence electrons. The standard InChI is InChI=1S/C23H21Cl2FN4O2/c1-11(2)32-20-15(10-16(24)18(26)17(20)13-4-6-14(31)7-5-13)12(3)23-29-21(25)19-22(27)28-8-9-30(19)23/h4-6,8-12H,7H2,1-3H3,(H2,27,28)/t12-/m1/s1. The number of hydrogen-bond donors (Lipinski definition) is 1. The number of nitrogens with two attached hydrogens (primary N) is 1. The molecule has 0 radical (unpaired) electrons. The maximum absolute atomic E-state index is 15.3. The summed E-state index contributed by atoms with van der Waals surface area (Å²) in [4.78, 5) is 20.2. The van der Waals surface area contributed by atoms with Gasteiger partial charge in [0.15, 0.2) is 22.6 Å². The Balaban J connectivity index is 1.96. The molecule has 32 heavy (non-hydrogen) atoms. The molecule has 2 heterocycles. The number of aromatic nitrogens is 3. The van der Waals surface area contributed by atoms with Crippen molar-refractivity contribution in [1.29, 1.82) is 0 Å². The molecule has 4 rings (SSSR count). The monoisotopic (exact) mass is 474 g/mol. The Morgan fingerprint density at radius 1 is 1.25 bits per heavy atom. The van der Waals surface area contributed by atoms with Crippen molar-refractivity contribution >= 4 is 45.9 Å². The molecule has 1 aliphatic rings. The van der Waals surface area contributed by atoms with E-state index in [1.165, 1.54) is 6.08 Å². The molecule has 0 amide bonds. The fraction of sp³-hybridized carbons (Fsp3) is 0.261. The van der Waals surface area contributed by atoms with Gasteiger partial charge < -0.3 is 10.5 Å². The number of rotatable bonds is 5. The molecule has 0 aliphatic heterocycles. The van der Waals surface area contributed by atoms with E-state index in [9.17, 15) is 4.79 Å². The van der Waals surface area contributed by atoms with Gasteiger partial charge in [0.1, 0.15) is 17.1 Å². The largest absolute Gasteiger partial charge is 0.490 e. The molecule has 3 aromatic rings. The number of hydrogen-bond acceptors (Lipinski definition) is 5. The van der Waals surface area contributed by atoms with E-state index >= 15 is 4.39 Å². The van der Waals surface area contributed by atoms with Crippen molar-refractivity contribution < 1.29 is 13.9 Å². The zero-order valence-corrected chi connectivity index (χ0v) is 19.2. The Kier molecular flexibility index (Phi) is 5.97. The van der Waals surface area contributed by atoms with E-state index in [0.717, 1.165) is 0 Å². The van der Waals surface area contributed by atoms with E-state index in [0.29, 0.717) is 28.2 Å². The van der Waals surface area contributed by atoms with Crippen LogP contribution >= 0.6 is 23.2 Å². The predicted octanol–water partition coefficient (Wildman–Crippen LogP) is 5.61. The van der Waals surface area contributed by atoms with Gasteiger partial charge in [0.05, 0.1) is 16.7 Å². The number of benzene rings is 1. The first-order valence-electron chi connectivity index (χ1n) is 10.1. The van der Waals surface area contributed by atoms with Gasteiger partial charge in [0.2, 0.25) is 0 Å². The number of imidazole rings is 1. The molecule has 0 saturated carbocycles. The molecule has 1 aromatic carbocycles. The summed E-state index contributed by atoms with van der Waals surface area (Å²) in [5.74, 6) is 0.113. The van der Waals surface area contributed by atoms with Gasteiger partial charge in [-0.3, -0.25) is 9.20 Å². The summed E-state index contributed by atoms with van der Waals surface area (Å²) >= 11 is 12.7. The Morgan fingerprint density at radius 2 is 2.00 bits per heavy atom. The lowest BCUT2D eigenvalue weighted by molar-refractivity contribution is -0.113. The van der Waals surface area contributed by atoms with Crippen molar-refractivity contribution in [2.75, 3.05) is 5.73 Å². The average Bonchev–Trinajstić information content (AvgIpc) is 3.09. The molecule has 1 atom stereocenters. The lowest BCUT2D eigenvalue weighted by Crippen LogP contribution is -2.14. The normalized spacial score (nSPS) is 14.8. The summed E-state index contributed by atoms with van der Waals surface area (Å²) in [6, 6.07) is 1.54. The topological polar surface area (TPSA) is 82.5 Å². The Hall–Kier alpha value is -2.90. The van der Waals surface area contributed by atoms with Crippen LogP contribution in [0.15, 0.2) is 36.7 Å². The quantitative estimate of drug-likeness (QED) is 0.519. The Bertz CT molecular complexity index is 1300. The van der Waals surface area contributed by atoms with Gasteiger partial charge in [-0.25, -0.2) is 14.4 Å². The highest BCUT2D eigenvalue weighted by Gasteiger charge is 2.28. The molecular weight excluding hydrogens is 454 g/mol. The number of fused-ring (bicyclic) bond motifs is 1. The van der Waals surface area contributed by atoms with E-state index in [-0.39, 0.29) is 39.9 Å². The summed E-state index contributed by atoms with van der Waals surface area (Å²) in [7, 11) is 0. The highest BCUT2D eigenvalue weighted by Crippen LogP contribution is 2.43. The van der Waals surface area contributed by atoms with Gasteiger partial charge in [-0.15, -0.1) is 0 Å². The van der Waals surface area contributed by atoms with E-state index in [1.807, 2.05) is 20.8 Å². The number of nitrogens with zero attached hydrogens (tertiary/aromatic N) is 3. The van der Waals surface area contributed by atoms with E-state index in [2.05, 4.69) is 9.97 Å². The lowest BCUT2D eigenvalue weighted by atomic mass is 9.91. The average molecular weight is 475 g/mol. The number of allylic oxidation sites excluding steroid dienone is 4. The second-order valence-electron chi connectivity index (χ2n) is 7.81. The van der Waals surface area contributed by atoms with Gasteiger partial charge in [0, 0.05) is 30.3 Å². The molecule has 0 unspecified atom stereocenters. The van der Waals surface area contributed by atoms with Crippen LogP contribution in [0.1, 0.15) is 50.1 Å². The molecule has 0 bridgehead atoms. The number of anilines is 1. The SMILES string of the molecule is CC(C)Oc1c([C@@H](C)c2nc(Cl)c3c(N)nccn23)cc(Cl)c(F)c1C1=CCC(=O)C=C1. The second-order valence-corrected chi connectivity index (χ2v) is 8.57. The number of ketones is 1. The first kappa shape index (κ1) is 22.3. The number of carbonyl (C=O) groups excluding carboxylic acids is 1. The molecule has 0 fully saturated rings. The van der Waals surface area contributed by atoms with Gasteiger partial charge in [0.25, 0.3) is 0 Å². The maximum atomic E-state index is 15.3. The number of halogens is 3. The molecule has 0 spiro atoms. The van der Waals surface area contributed by atoms with Gasteiger partial charge in [-0.05, 0) is 31.6 Å². The highest BCUT2D eigenvalue weighted by molar-refractivity contribution is 6.33. The Morgan fingerprint density at radius 3 is 2.66 bits per heavy atom. The molecule has 9 heteroatoms. The number of carbonyl (C=O) groups is 1. The number of ether oxygens (including phenoxy) is 1. The highest BCUT2D eigenvalue weighted by atomic mass is 35.5. The second kappa shape index (κ2) is 8.56. The fourth-order valence-corrected chi connectivity index (χ4v) is 4.26. The van der Waals surface area contributed by atoms with Gasteiger partial charge in [-0.2, -0.15) is 0 Å². The van der Waals surface area contributed by atoms with Crippen molar-refractivity contribution in [3.8, 4) is 5.75 Å². The van der Waals surface area contributed by atoms with Gasteiger partial charge in [-0.1, -0.05) is 42.3 Å². The minimum atomic E-state index is -0.608. The minimum absolute atomic E-state index is 0.0548. The van der Waals surface area contributed by atoms with Crippen molar-refractivity contribution in [3.05, 3.63) is 69.6 Å². The fourth-order valence-electron chi connectivity index (χ4n) is 3.77. The van der Waals surface area contributed by atoms with Crippen LogP contribution < -0.4 is 10.5 Å². The van der Waals surface area contributed by atoms with Crippen LogP contribution in [0, 0.1) is 5.82 Å². The maximum Gasteiger partial charge on any atom is 0.159 e. The summed E-state index contributed by atoms with van der Waals surface area (Å²) in [5.41, 5.74) is 7.86. The van der Waals surface area contributed by atoms with E-state index in [4.69, 9.17) is 33.7 Å². The van der Waals surface area contributed by atoms with Gasteiger partial charge >= 0.3 is 0 Å². The first-order chi connectivity index (χ1) is 15.2. The van der Waals surface area contributed by atoms with Crippen molar-refractivity contribution in [2.45, 2.75) is 39.2 Å². The first-order valence-corrected chi connectivity index (χ1v) is 10.8. The van der Waals surface area contributed by atoms with Crippen LogP contribution in [0.4, 0.5) is 10.2 Å². The van der Waals surface area contributed by atoms with Crippen LogP contribution in [-0.2, 0) is 4.79 Å². The van der Waals surface area contributed by atoms with Crippen molar-refractivity contribution in [1.82, 2.24) is 14.4 Å². The molecule has 6 nitrogen and oxygen atoms in total. The van der Waals surface area contributed by atoms with Crippen molar-refractivity contribution in [2.24, 2.45) is 0 Å². The third-order valence-corrected chi connectivity index (χ3v) is 5.77. The zero-order valence-electron chi connectivity index (χ0n) is 17.7. The summed E-state index contributed by atoms with van der Waals surface area (Å²) in [6.07, 6.45) is 7.88. The van der Waals surface area contributed by atoms with Crippen LogP contribution in [0.5, 0.6) is 5.75 Å². The van der Waals surface area contributed by atoms with Crippen LogP contribution in [0.3, 0.4) is 0 Å². The molecule has 2 N–H and O–H groups in total. The third kappa shape index (κ3) is 3.87. The van der Waals surface area contributed by atoms with Crippen LogP contribution in [0.2, 0.25) is 10.2 Å². The number of nitrogen functional groups attached to an aromatic ring is 1. The lowest BCUT2D eigenvalue weighted by Gasteiger charge is -2.23. The molecule has 1 aliphatic carbocycles. The van der Waals surface area contributed by atoms with Crippen LogP contribution in [0.25, 0.3) is 11.1 Å². The Labute approximate surface area is 194 Å². The summed E-state index contributed by atoms with van der Waals surface area (Å²) < 4.78 is 23.2. The van der Waals surface area contributed by atoms with E-state index in [1.54, 1.807) is 35.0 Å². The summed E-state index contributed by atoms with van der Waals surface area (Å²) in [6.45, 7) is 5.61. The van der Waals surface area contributed by atoms with Crippen LogP contribution in [-0.4, -0.2) is 26.3 Å². The van der Waals surface area contributed by atoms with Crippen molar-refractivity contribution in [3.63, 3.8) is 0 Å². The predicted molar refractivity (Wildman–Crippen MR) is 124 cm³/mol.